The Morgan fingerprint density at radius 2 is 2.00 bits per heavy atom. The number of aryl methyl sites for hydroxylation is 1. The maximum atomic E-state index is 13.0. The molecule has 2 aromatic carbocycles. The molecular weight excluding hydrogens is 534 g/mol. The SMILES string of the molecule is CCCc1nc2ccc(Br)cc2c(=O)n1N=Cc1ccc(-c2ccc(Br)c(Cl)c2)o1. The molecule has 0 aliphatic heterocycles. The summed E-state index contributed by atoms with van der Waals surface area (Å²) < 4.78 is 8.85. The standard InChI is InChI=1S/C22H16Br2ClN3O2/c1-2-3-21-27-19-8-5-14(23)11-16(19)22(29)28(21)26-12-15-6-9-20(30-15)13-4-7-17(24)18(25)10-13/h4-12H,2-3H2,1H3. The molecule has 0 saturated heterocycles. The van der Waals surface area contributed by atoms with Crippen molar-refractivity contribution in [3.05, 3.63) is 84.4 Å². The molecule has 152 valence electrons. The number of furan rings is 1. The molecule has 0 atom stereocenters. The van der Waals surface area contributed by atoms with Crippen molar-refractivity contribution >= 4 is 60.6 Å². The number of hydrogen-bond donors (Lipinski definition) is 0. The van der Waals surface area contributed by atoms with E-state index in [4.69, 9.17) is 16.0 Å². The van der Waals surface area contributed by atoms with Crippen LogP contribution in [-0.2, 0) is 6.42 Å². The van der Waals surface area contributed by atoms with Gasteiger partial charge in [-0.3, -0.25) is 4.79 Å². The normalized spacial score (nSPS) is 11.6. The van der Waals surface area contributed by atoms with E-state index in [0.717, 1.165) is 20.9 Å². The quantitative estimate of drug-likeness (QED) is 0.261. The number of hydrogen-bond acceptors (Lipinski definition) is 4. The van der Waals surface area contributed by atoms with Crippen LogP contribution in [0.2, 0.25) is 5.02 Å². The highest BCUT2D eigenvalue weighted by molar-refractivity contribution is 9.10. The van der Waals surface area contributed by atoms with Gasteiger partial charge in [0.25, 0.3) is 5.56 Å². The Balaban J connectivity index is 1.72. The zero-order valence-corrected chi connectivity index (χ0v) is 19.8. The van der Waals surface area contributed by atoms with Crippen LogP contribution >= 0.6 is 43.5 Å². The molecule has 0 saturated carbocycles. The second-order valence-corrected chi connectivity index (χ2v) is 8.81. The molecule has 0 fully saturated rings. The predicted molar refractivity (Wildman–Crippen MR) is 128 cm³/mol. The smallest absolute Gasteiger partial charge is 0.282 e. The molecule has 2 heterocycles. The Bertz CT molecular complexity index is 1330. The third kappa shape index (κ3) is 4.29. The van der Waals surface area contributed by atoms with E-state index in [1.165, 1.54) is 10.9 Å². The summed E-state index contributed by atoms with van der Waals surface area (Å²) in [5.74, 6) is 1.79. The molecule has 0 aliphatic carbocycles. The summed E-state index contributed by atoms with van der Waals surface area (Å²) in [6.45, 7) is 2.04. The molecular formula is C22H16Br2ClN3O2. The van der Waals surface area contributed by atoms with Crippen molar-refractivity contribution in [2.24, 2.45) is 5.10 Å². The van der Waals surface area contributed by atoms with Gasteiger partial charge in [0.2, 0.25) is 0 Å². The maximum Gasteiger partial charge on any atom is 0.282 e. The van der Waals surface area contributed by atoms with Gasteiger partial charge in [-0.15, -0.1) is 0 Å². The third-order valence-corrected chi connectivity index (χ3v) is 6.21. The van der Waals surface area contributed by atoms with E-state index in [-0.39, 0.29) is 5.56 Å². The predicted octanol–water partition coefficient (Wildman–Crippen LogP) is 6.67. The molecule has 5 nitrogen and oxygen atoms in total. The van der Waals surface area contributed by atoms with E-state index in [0.29, 0.717) is 39.7 Å². The van der Waals surface area contributed by atoms with Crippen molar-refractivity contribution in [1.29, 1.82) is 0 Å². The van der Waals surface area contributed by atoms with E-state index >= 15 is 0 Å². The van der Waals surface area contributed by atoms with Gasteiger partial charge in [-0.05, 0) is 64.8 Å². The van der Waals surface area contributed by atoms with Crippen LogP contribution in [0.4, 0.5) is 0 Å². The Morgan fingerprint density at radius 1 is 1.17 bits per heavy atom. The number of halogens is 3. The van der Waals surface area contributed by atoms with Gasteiger partial charge in [0.05, 0.1) is 22.1 Å². The van der Waals surface area contributed by atoms with Crippen LogP contribution < -0.4 is 5.56 Å². The molecule has 0 radical (unpaired) electrons. The lowest BCUT2D eigenvalue weighted by Crippen LogP contribution is -2.22. The second kappa shape index (κ2) is 8.88. The van der Waals surface area contributed by atoms with E-state index < -0.39 is 0 Å². The molecule has 4 rings (SSSR count). The van der Waals surface area contributed by atoms with Gasteiger partial charge in [-0.1, -0.05) is 40.5 Å². The van der Waals surface area contributed by atoms with E-state index in [9.17, 15) is 4.79 Å². The summed E-state index contributed by atoms with van der Waals surface area (Å²) in [7, 11) is 0. The third-order valence-electron chi connectivity index (χ3n) is 4.48. The molecule has 0 bridgehead atoms. The van der Waals surface area contributed by atoms with Gasteiger partial charge < -0.3 is 4.42 Å². The lowest BCUT2D eigenvalue weighted by atomic mass is 10.2. The first-order valence-corrected chi connectivity index (χ1v) is 11.2. The number of rotatable bonds is 5. The molecule has 0 unspecified atom stereocenters. The first-order valence-electron chi connectivity index (χ1n) is 9.27. The molecule has 0 N–H and O–H groups in total. The fourth-order valence-electron chi connectivity index (χ4n) is 3.04. The highest BCUT2D eigenvalue weighted by atomic mass is 79.9. The van der Waals surface area contributed by atoms with Crippen molar-refractivity contribution < 1.29 is 4.42 Å². The molecule has 2 aromatic heterocycles. The Morgan fingerprint density at radius 3 is 2.77 bits per heavy atom. The van der Waals surface area contributed by atoms with Crippen molar-refractivity contribution in [1.82, 2.24) is 9.66 Å². The summed E-state index contributed by atoms with van der Waals surface area (Å²) in [4.78, 5) is 17.7. The largest absolute Gasteiger partial charge is 0.455 e. The molecule has 0 aliphatic rings. The minimum absolute atomic E-state index is 0.215. The van der Waals surface area contributed by atoms with Crippen LogP contribution in [-0.4, -0.2) is 15.9 Å². The van der Waals surface area contributed by atoms with Crippen LogP contribution in [0.5, 0.6) is 0 Å². The zero-order valence-electron chi connectivity index (χ0n) is 15.9. The molecule has 0 amide bonds. The lowest BCUT2D eigenvalue weighted by molar-refractivity contribution is 0.573. The van der Waals surface area contributed by atoms with Gasteiger partial charge in [-0.25, -0.2) is 4.98 Å². The summed E-state index contributed by atoms with van der Waals surface area (Å²) in [6.07, 6.45) is 3.01. The average molecular weight is 550 g/mol. The molecule has 8 heteroatoms. The van der Waals surface area contributed by atoms with Gasteiger partial charge in [0, 0.05) is 20.9 Å². The van der Waals surface area contributed by atoms with Crippen LogP contribution in [0.1, 0.15) is 24.9 Å². The second-order valence-electron chi connectivity index (χ2n) is 6.63. The highest BCUT2D eigenvalue weighted by Crippen LogP contribution is 2.29. The van der Waals surface area contributed by atoms with E-state index in [1.54, 1.807) is 12.1 Å². The van der Waals surface area contributed by atoms with Crippen LogP contribution in [0.15, 0.2) is 71.8 Å². The Kier molecular flexibility index (Phi) is 6.22. The summed E-state index contributed by atoms with van der Waals surface area (Å²) in [5, 5.41) is 5.49. The Hall–Kier alpha value is -2.22. The highest BCUT2D eigenvalue weighted by Gasteiger charge is 2.11. The van der Waals surface area contributed by atoms with Crippen LogP contribution in [0.25, 0.3) is 22.2 Å². The minimum Gasteiger partial charge on any atom is -0.455 e. The summed E-state index contributed by atoms with van der Waals surface area (Å²) in [6, 6.07) is 14.7. The van der Waals surface area contributed by atoms with Crippen molar-refractivity contribution in [3.8, 4) is 11.3 Å². The fourth-order valence-corrected chi connectivity index (χ4v) is 3.83. The van der Waals surface area contributed by atoms with E-state index in [1.807, 2.05) is 43.3 Å². The molecule has 0 spiro atoms. The van der Waals surface area contributed by atoms with Gasteiger partial charge in [0.1, 0.15) is 17.3 Å². The maximum absolute atomic E-state index is 13.0. The minimum atomic E-state index is -0.215. The first kappa shape index (κ1) is 21.0. The summed E-state index contributed by atoms with van der Waals surface area (Å²) in [5.41, 5.74) is 1.29. The number of nitrogens with zero attached hydrogens (tertiary/aromatic N) is 3. The van der Waals surface area contributed by atoms with Gasteiger partial charge in [-0.2, -0.15) is 9.78 Å². The van der Waals surface area contributed by atoms with Gasteiger partial charge >= 0.3 is 0 Å². The fraction of sp³-hybridized carbons (Fsp3) is 0.136. The summed E-state index contributed by atoms with van der Waals surface area (Å²) >= 11 is 13.0. The van der Waals surface area contributed by atoms with Crippen molar-refractivity contribution in [2.75, 3.05) is 0 Å². The number of aromatic nitrogens is 2. The molecule has 4 aromatic rings. The van der Waals surface area contributed by atoms with Crippen molar-refractivity contribution in [3.63, 3.8) is 0 Å². The van der Waals surface area contributed by atoms with Crippen molar-refractivity contribution in [2.45, 2.75) is 19.8 Å². The van der Waals surface area contributed by atoms with Gasteiger partial charge in [0.15, 0.2) is 0 Å². The number of fused-ring (bicyclic) bond motifs is 1. The monoisotopic (exact) mass is 547 g/mol. The average Bonchev–Trinajstić information content (AvgIpc) is 3.20. The number of benzene rings is 2. The first-order chi connectivity index (χ1) is 14.5. The van der Waals surface area contributed by atoms with E-state index in [2.05, 4.69) is 41.9 Å². The Labute approximate surface area is 194 Å². The molecule has 30 heavy (non-hydrogen) atoms. The van der Waals surface area contributed by atoms with Crippen LogP contribution in [0, 0.1) is 0 Å². The zero-order chi connectivity index (χ0) is 21.3. The topological polar surface area (TPSA) is 60.4 Å². The lowest BCUT2D eigenvalue weighted by Gasteiger charge is -2.08. The van der Waals surface area contributed by atoms with Crippen LogP contribution in [0.3, 0.4) is 0 Å².